The fourth-order valence-electron chi connectivity index (χ4n) is 0.382. The molecule has 0 radical (unpaired) electrons. The van der Waals surface area contributed by atoms with Crippen molar-refractivity contribution in [1.29, 1.82) is 5.41 Å². The van der Waals surface area contributed by atoms with Crippen molar-refractivity contribution in [2.75, 3.05) is 0 Å². The van der Waals surface area contributed by atoms with Gasteiger partial charge in [-0.05, 0) is 6.08 Å². The maximum atomic E-state index is 6.88. The monoisotopic (exact) mass is 175 g/mol. The van der Waals surface area contributed by atoms with E-state index in [1.54, 1.807) is 0 Å². The summed E-state index contributed by atoms with van der Waals surface area (Å²) in [6, 6.07) is 0. The molecule has 0 amide bonds. The van der Waals surface area contributed by atoms with E-state index in [0.717, 1.165) is 0 Å². The van der Waals surface area contributed by atoms with Crippen LogP contribution in [-0.4, -0.2) is 5.84 Å². The summed E-state index contributed by atoms with van der Waals surface area (Å²) < 4.78 is 0. The Bertz CT molecular complexity index is 225. The number of amidine groups is 1. The third kappa shape index (κ3) is 3.36. The Hall–Kier alpha value is -1.36. The molecule has 0 atom stereocenters. The van der Waals surface area contributed by atoms with Gasteiger partial charge in [0.25, 0.3) is 0 Å². The molecule has 0 aliphatic heterocycles. The second kappa shape index (κ2) is 3.72. The summed E-state index contributed by atoms with van der Waals surface area (Å²) in [4.78, 5) is 0. The van der Waals surface area contributed by atoms with E-state index in [1.165, 1.54) is 6.08 Å². The molecule has 6 heteroatoms. The number of allylic oxidation sites excluding steroid dienone is 1. The van der Waals surface area contributed by atoms with Gasteiger partial charge in [0.2, 0.25) is 0 Å². The summed E-state index contributed by atoms with van der Waals surface area (Å²) in [6.45, 7) is 0. The number of nitrogens with one attached hydrogen (secondary N) is 1. The van der Waals surface area contributed by atoms with Crippen LogP contribution in [0.3, 0.4) is 0 Å². The molecule has 0 aliphatic rings. The topological polar surface area (TPSA) is 128 Å². The molecule has 9 N–H and O–H groups in total. The quantitative estimate of drug-likeness (QED) is 0.161. The van der Waals surface area contributed by atoms with E-state index in [2.05, 4.69) is 0 Å². The Labute approximate surface area is 69.2 Å². The van der Waals surface area contributed by atoms with Crippen LogP contribution in [0, 0.1) is 5.41 Å². The van der Waals surface area contributed by atoms with Crippen LogP contribution >= 0.6 is 11.6 Å². The number of nitrogens with two attached hydrogens (primary N) is 4. The van der Waals surface area contributed by atoms with E-state index < -0.39 is 0 Å². The average molecular weight is 176 g/mol. The van der Waals surface area contributed by atoms with E-state index in [9.17, 15) is 0 Å². The van der Waals surface area contributed by atoms with E-state index in [0.29, 0.717) is 0 Å². The van der Waals surface area contributed by atoms with Crippen LogP contribution in [0.4, 0.5) is 0 Å². The number of halogens is 1. The predicted molar refractivity (Wildman–Crippen MR) is 45.4 cm³/mol. The molecule has 0 aromatic heterocycles. The summed E-state index contributed by atoms with van der Waals surface area (Å²) >= 11 is 5.28. The molecule has 0 heterocycles. The SMILES string of the molecule is N=C(N)/C(N)=C(N)/C=C(\N)Cl. The lowest BCUT2D eigenvalue weighted by atomic mass is 10.3. The molecule has 0 spiro atoms. The Morgan fingerprint density at radius 3 is 1.91 bits per heavy atom. The molecule has 0 aromatic rings. The van der Waals surface area contributed by atoms with Crippen LogP contribution in [0.2, 0.25) is 0 Å². The Morgan fingerprint density at radius 2 is 1.64 bits per heavy atom. The molecule has 0 rings (SSSR count). The number of rotatable bonds is 2. The first-order valence-electron chi connectivity index (χ1n) is 2.67. The minimum absolute atomic E-state index is 0.00769. The Balaban J connectivity index is 4.68. The van der Waals surface area contributed by atoms with Crippen molar-refractivity contribution < 1.29 is 0 Å². The summed E-state index contributed by atoms with van der Waals surface area (Å²) in [5.41, 5.74) is 20.7. The smallest absolute Gasteiger partial charge is 0.141 e. The fourth-order valence-corrected chi connectivity index (χ4v) is 0.499. The zero-order valence-corrected chi connectivity index (χ0v) is 6.52. The number of hydrogen-bond acceptors (Lipinski definition) is 4. The molecule has 0 bridgehead atoms. The minimum Gasteiger partial charge on any atom is -0.397 e. The van der Waals surface area contributed by atoms with Crippen molar-refractivity contribution in [3.63, 3.8) is 0 Å². The Kier molecular flexibility index (Phi) is 3.26. The van der Waals surface area contributed by atoms with Gasteiger partial charge in [-0.25, -0.2) is 0 Å². The summed E-state index contributed by atoms with van der Waals surface area (Å²) in [6.07, 6.45) is 1.22. The molecule has 62 valence electrons. The second-order valence-electron chi connectivity index (χ2n) is 1.81. The molecule has 0 saturated carbocycles. The van der Waals surface area contributed by atoms with Crippen molar-refractivity contribution in [3.8, 4) is 0 Å². The Morgan fingerprint density at radius 1 is 1.18 bits per heavy atom. The minimum atomic E-state index is -0.309. The first-order chi connectivity index (χ1) is 4.95. The van der Waals surface area contributed by atoms with Crippen molar-refractivity contribution in [2.45, 2.75) is 0 Å². The highest BCUT2D eigenvalue weighted by atomic mass is 35.5. The van der Waals surface area contributed by atoms with Gasteiger partial charge in [0.05, 0.1) is 11.4 Å². The fraction of sp³-hybridized carbons (Fsp3) is 0. The van der Waals surface area contributed by atoms with Gasteiger partial charge < -0.3 is 22.9 Å². The zero-order valence-electron chi connectivity index (χ0n) is 5.76. The molecule has 0 aliphatic carbocycles. The van der Waals surface area contributed by atoms with Gasteiger partial charge >= 0.3 is 0 Å². The van der Waals surface area contributed by atoms with Crippen molar-refractivity contribution in [3.05, 3.63) is 22.6 Å². The van der Waals surface area contributed by atoms with Gasteiger partial charge in [-0.15, -0.1) is 0 Å². The normalized spacial score (nSPS) is 14.1. The first kappa shape index (κ1) is 9.64. The lowest BCUT2D eigenvalue weighted by molar-refractivity contribution is 1.25. The van der Waals surface area contributed by atoms with Crippen LogP contribution in [0.1, 0.15) is 0 Å². The lowest BCUT2D eigenvalue weighted by Gasteiger charge is -2.00. The van der Waals surface area contributed by atoms with E-state index >= 15 is 0 Å². The lowest BCUT2D eigenvalue weighted by Crippen LogP contribution is -2.23. The van der Waals surface area contributed by atoms with Crippen LogP contribution in [0.25, 0.3) is 0 Å². The molecular weight excluding hydrogens is 166 g/mol. The van der Waals surface area contributed by atoms with Gasteiger partial charge in [-0.1, -0.05) is 11.6 Å². The summed E-state index contributed by atoms with van der Waals surface area (Å²) in [5, 5.41) is 6.87. The third-order valence-corrected chi connectivity index (χ3v) is 1.00. The molecular formula is C5H10ClN5. The maximum Gasteiger partial charge on any atom is 0.141 e. The number of hydrogen-bond donors (Lipinski definition) is 5. The molecule has 0 unspecified atom stereocenters. The highest BCUT2D eigenvalue weighted by Crippen LogP contribution is 1.98. The van der Waals surface area contributed by atoms with E-state index in [4.69, 9.17) is 39.9 Å². The first-order valence-corrected chi connectivity index (χ1v) is 3.05. The zero-order chi connectivity index (χ0) is 9.02. The van der Waals surface area contributed by atoms with Gasteiger partial charge in [-0.2, -0.15) is 0 Å². The van der Waals surface area contributed by atoms with E-state index in [1.807, 2.05) is 0 Å². The van der Waals surface area contributed by atoms with Crippen LogP contribution in [0.5, 0.6) is 0 Å². The van der Waals surface area contributed by atoms with Gasteiger partial charge in [0, 0.05) is 0 Å². The predicted octanol–water partition coefficient (Wildman–Crippen LogP) is -0.910. The van der Waals surface area contributed by atoms with Gasteiger partial charge in [0.15, 0.2) is 0 Å². The second-order valence-corrected chi connectivity index (χ2v) is 2.25. The molecule has 11 heavy (non-hydrogen) atoms. The van der Waals surface area contributed by atoms with Crippen molar-refractivity contribution in [2.24, 2.45) is 22.9 Å². The van der Waals surface area contributed by atoms with Crippen LogP contribution in [-0.2, 0) is 0 Å². The van der Waals surface area contributed by atoms with Crippen LogP contribution in [0.15, 0.2) is 22.6 Å². The summed E-state index contributed by atoms with van der Waals surface area (Å²) in [7, 11) is 0. The average Bonchev–Trinajstić information content (AvgIpc) is 1.84. The van der Waals surface area contributed by atoms with Crippen molar-refractivity contribution in [1.82, 2.24) is 0 Å². The third-order valence-electron chi connectivity index (χ3n) is 0.895. The van der Waals surface area contributed by atoms with Gasteiger partial charge in [0.1, 0.15) is 11.0 Å². The highest BCUT2D eigenvalue weighted by molar-refractivity contribution is 6.29. The molecule has 0 fully saturated rings. The molecule has 0 saturated heterocycles. The summed E-state index contributed by atoms with van der Waals surface area (Å²) in [5.74, 6) is -0.309. The maximum absolute atomic E-state index is 6.88. The molecule has 5 nitrogen and oxygen atoms in total. The highest BCUT2D eigenvalue weighted by Gasteiger charge is 1.98. The van der Waals surface area contributed by atoms with E-state index in [-0.39, 0.29) is 22.4 Å². The standard InChI is InChI=1S/C5H10ClN5/c6-3(8)1-2(7)4(9)5(10)11/h1H,7-9H2,(H3,10,11)/b3-1-,4-2+. The molecule has 0 aromatic carbocycles. The van der Waals surface area contributed by atoms with Crippen LogP contribution < -0.4 is 22.9 Å². The largest absolute Gasteiger partial charge is 0.397 e. The van der Waals surface area contributed by atoms with Crippen molar-refractivity contribution >= 4 is 17.4 Å². The van der Waals surface area contributed by atoms with Gasteiger partial charge in [-0.3, -0.25) is 5.41 Å².